The van der Waals surface area contributed by atoms with E-state index in [2.05, 4.69) is 4.99 Å². The van der Waals surface area contributed by atoms with Crippen molar-refractivity contribution in [3.8, 4) is 0 Å². The molecule has 0 saturated heterocycles. The zero-order chi connectivity index (χ0) is 12.8. The maximum Gasteiger partial charge on any atom is 0.434 e. The van der Waals surface area contributed by atoms with Crippen LogP contribution in [-0.4, -0.2) is 23.5 Å². The van der Waals surface area contributed by atoms with Crippen molar-refractivity contribution in [3.63, 3.8) is 0 Å². The third kappa shape index (κ3) is 4.29. The number of nitrogens with zero attached hydrogens (tertiary/aromatic N) is 1. The fraction of sp³-hybridized carbons (Fsp3) is 0.400. The number of halogens is 3. The number of hydrogen-bond donors (Lipinski definition) is 1. The van der Waals surface area contributed by atoms with E-state index in [1.807, 2.05) is 0 Å². The first-order valence-electron chi connectivity index (χ1n) is 4.54. The number of allylic oxidation sites excluding steroid dienone is 2. The van der Waals surface area contributed by atoms with Crippen molar-refractivity contribution in [1.82, 2.24) is 0 Å². The lowest BCUT2D eigenvalue weighted by atomic mass is 10.1. The topological polar surface area (TPSA) is 49.7 Å². The highest BCUT2D eigenvalue weighted by Gasteiger charge is 2.37. The molecule has 0 aromatic carbocycles. The van der Waals surface area contributed by atoms with Gasteiger partial charge in [-0.3, -0.25) is 4.99 Å². The Hall–Kier alpha value is -1.59. The Morgan fingerprint density at radius 2 is 2.00 bits per heavy atom. The molecule has 1 N–H and O–H groups in total. The average Bonchev–Trinajstić information content (AvgIpc) is 2.14. The second-order valence-corrected chi connectivity index (χ2v) is 2.76. The number of carboxylic acid groups (broad SMARTS) is 1. The first-order valence-corrected chi connectivity index (χ1v) is 4.54. The summed E-state index contributed by atoms with van der Waals surface area (Å²) >= 11 is 0. The molecule has 3 nitrogen and oxygen atoms in total. The molecule has 0 aliphatic heterocycles. The summed E-state index contributed by atoms with van der Waals surface area (Å²) in [5, 5.41) is 8.68. The molecule has 0 aliphatic carbocycles. The SMILES string of the molecule is CC=N/C(=C(\C=C\CC)C(=O)O)C(F)(F)F. The van der Waals surface area contributed by atoms with Crippen molar-refractivity contribution < 1.29 is 23.1 Å². The fourth-order valence-electron chi connectivity index (χ4n) is 0.912. The summed E-state index contributed by atoms with van der Waals surface area (Å²) < 4.78 is 37.4. The Morgan fingerprint density at radius 3 is 2.31 bits per heavy atom. The van der Waals surface area contributed by atoms with E-state index in [-0.39, 0.29) is 0 Å². The summed E-state index contributed by atoms with van der Waals surface area (Å²) in [7, 11) is 0. The summed E-state index contributed by atoms with van der Waals surface area (Å²) in [6, 6.07) is 0. The largest absolute Gasteiger partial charge is 0.478 e. The van der Waals surface area contributed by atoms with Crippen molar-refractivity contribution in [2.75, 3.05) is 0 Å². The quantitative estimate of drug-likeness (QED) is 0.462. The van der Waals surface area contributed by atoms with Crippen LogP contribution in [0.5, 0.6) is 0 Å². The van der Waals surface area contributed by atoms with Gasteiger partial charge in [0.05, 0.1) is 5.57 Å². The van der Waals surface area contributed by atoms with Crippen LogP contribution >= 0.6 is 0 Å². The number of carbonyl (C=O) groups is 1. The summed E-state index contributed by atoms with van der Waals surface area (Å²) in [4.78, 5) is 13.8. The average molecular weight is 235 g/mol. The molecule has 90 valence electrons. The van der Waals surface area contributed by atoms with E-state index >= 15 is 0 Å². The molecule has 6 heteroatoms. The van der Waals surface area contributed by atoms with E-state index in [1.165, 1.54) is 13.0 Å². The Morgan fingerprint density at radius 1 is 1.44 bits per heavy atom. The van der Waals surface area contributed by atoms with Gasteiger partial charge in [0, 0.05) is 6.21 Å². The Kier molecular flexibility index (Phi) is 5.49. The maximum atomic E-state index is 12.5. The minimum atomic E-state index is -4.78. The monoisotopic (exact) mass is 235 g/mol. The van der Waals surface area contributed by atoms with Crippen LogP contribution in [0.3, 0.4) is 0 Å². The third-order valence-corrected chi connectivity index (χ3v) is 1.53. The Balaban J connectivity index is 5.64. The standard InChI is InChI=1S/C10H12F3NO2/c1-3-5-6-7(9(15)16)8(14-4-2)10(11,12)13/h4-6H,3H2,1-2H3,(H,15,16)/b6-5+,8-7+,14-4?. The van der Waals surface area contributed by atoms with Crippen molar-refractivity contribution >= 4 is 12.2 Å². The van der Waals surface area contributed by atoms with Gasteiger partial charge in [0.25, 0.3) is 0 Å². The lowest BCUT2D eigenvalue weighted by Crippen LogP contribution is -2.16. The molecule has 0 saturated carbocycles. The first-order chi connectivity index (χ1) is 7.34. The van der Waals surface area contributed by atoms with Crippen LogP contribution in [0.4, 0.5) is 13.2 Å². The molecule has 0 aromatic heterocycles. The molecular weight excluding hydrogens is 223 g/mol. The van der Waals surface area contributed by atoms with Crippen LogP contribution in [0, 0.1) is 0 Å². The van der Waals surface area contributed by atoms with Gasteiger partial charge in [-0.1, -0.05) is 13.0 Å². The molecule has 16 heavy (non-hydrogen) atoms. The highest BCUT2D eigenvalue weighted by atomic mass is 19.4. The van der Waals surface area contributed by atoms with Gasteiger partial charge < -0.3 is 5.11 Å². The van der Waals surface area contributed by atoms with Gasteiger partial charge in [0.1, 0.15) is 0 Å². The van der Waals surface area contributed by atoms with Crippen LogP contribution in [-0.2, 0) is 4.79 Å². The van der Waals surface area contributed by atoms with Gasteiger partial charge in [-0.05, 0) is 19.4 Å². The molecular formula is C10H12F3NO2. The van der Waals surface area contributed by atoms with Crippen molar-refractivity contribution in [2.45, 2.75) is 26.4 Å². The molecule has 0 unspecified atom stereocenters. The van der Waals surface area contributed by atoms with Crippen molar-refractivity contribution in [2.24, 2.45) is 4.99 Å². The predicted molar refractivity (Wildman–Crippen MR) is 54.3 cm³/mol. The molecule has 0 radical (unpaired) electrons. The number of aliphatic carboxylic acids is 1. The highest BCUT2D eigenvalue weighted by Crippen LogP contribution is 2.29. The number of rotatable bonds is 4. The number of hydrogen-bond acceptors (Lipinski definition) is 2. The molecule has 0 fully saturated rings. The van der Waals surface area contributed by atoms with Crippen molar-refractivity contribution in [3.05, 3.63) is 23.4 Å². The van der Waals surface area contributed by atoms with E-state index in [9.17, 15) is 18.0 Å². The van der Waals surface area contributed by atoms with Crippen molar-refractivity contribution in [1.29, 1.82) is 0 Å². The molecule has 0 atom stereocenters. The Labute approximate surface area is 91.0 Å². The smallest absolute Gasteiger partial charge is 0.434 e. The van der Waals surface area contributed by atoms with Gasteiger partial charge >= 0.3 is 12.1 Å². The predicted octanol–water partition coefficient (Wildman–Crippen LogP) is 2.94. The van der Waals surface area contributed by atoms with E-state index in [0.29, 0.717) is 6.42 Å². The highest BCUT2D eigenvalue weighted by molar-refractivity contribution is 5.91. The Bertz CT molecular complexity index is 340. The van der Waals surface area contributed by atoms with Crippen LogP contribution in [0.25, 0.3) is 0 Å². The van der Waals surface area contributed by atoms with Gasteiger partial charge in [-0.25, -0.2) is 4.79 Å². The minimum absolute atomic E-state index is 0.442. The van der Waals surface area contributed by atoms with Gasteiger partial charge in [0.2, 0.25) is 0 Å². The summed E-state index contributed by atoms with van der Waals surface area (Å²) in [5.41, 5.74) is -2.25. The molecule has 0 aliphatic rings. The zero-order valence-electron chi connectivity index (χ0n) is 8.88. The number of aliphatic imine (C=N–C) groups is 1. The molecule has 0 bridgehead atoms. The lowest BCUT2D eigenvalue weighted by molar-refractivity contribution is -0.133. The van der Waals surface area contributed by atoms with Crippen LogP contribution < -0.4 is 0 Å². The van der Waals surface area contributed by atoms with Gasteiger partial charge in [-0.2, -0.15) is 13.2 Å². The van der Waals surface area contributed by atoms with E-state index in [0.717, 1.165) is 12.3 Å². The second-order valence-electron chi connectivity index (χ2n) is 2.76. The van der Waals surface area contributed by atoms with E-state index in [4.69, 9.17) is 5.11 Å². The normalized spacial score (nSPS) is 14.6. The minimum Gasteiger partial charge on any atom is -0.478 e. The maximum absolute atomic E-state index is 12.5. The number of carboxylic acids is 1. The second kappa shape index (κ2) is 6.09. The van der Waals surface area contributed by atoms with E-state index in [1.54, 1.807) is 6.92 Å². The third-order valence-electron chi connectivity index (χ3n) is 1.53. The molecule has 0 rings (SSSR count). The van der Waals surface area contributed by atoms with Crippen LogP contribution in [0.2, 0.25) is 0 Å². The zero-order valence-corrected chi connectivity index (χ0v) is 8.88. The summed E-state index contributed by atoms with van der Waals surface area (Å²) in [6.07, 6.45) is -1.18. The van der Waals surface area contributed by atoms with E-state index < -0.39 is 23.4 Å². The molecule has 0 heterocycles. The number of alkyl halides is 3. The van der Waals surface area contributed by atoms with Gasteiger partial charge in [-0.15, -0.1) is 0 Å². The first kappa shape index (κ1) is 14.4. The lowest BCUT2D eigenvalue weighted by Gasteiger charge is -2.08. The molecule has 0 amide bonds. The van der Waals surface area contributed by atoms with Crippen LogP contribution in [0.1, 0.15) is 20.3 Å². The summed E-state index contributed by atoms with van der Waals surface area (Å²) in [5.74, 6) is -1.65. The summed E-state index contributed by atoms with van der Waals surface area (Å²) in [6.45, 7) is 2.97. The fourth-order valence-corrected chi connectivity index (χ4v) is 0.912. The van der Waals surface area contributed by atoms with Crippen LogP contribution in [0.15, 0.2) is 28.4 Å². The van der Waals surface area contributed by atoms with Gasteiger partial charge in [0.15, 0.2) is 5.70 Å². The molecule has 0 spiro atoms. The molecule has 0 aromatic rings.